The van der Waals surface area contributed by atoms with Crippen molar-refractivity contribution in [3.05, 3.63) is 12.8 Å². The third-order valence-corrected chi connectivity index (χ3v) is 1.31. The minimum absolute atomic E-state index is 0.582. The lowest BCUT2D eigenvalue weighted by Gasteiger charge is -2.23. The number of hydrogen-bond donors (Lipinski definition) is 0. The summed E-state index contributed by atoms with van der Waals surface area (Å²) in [5.74, 6) is 0. The zero-order valence-corrected chi connectivity index (χ0v) is 6.81. The summed E-state index contributed by atoms with van der Waals surface area (Å²) < 4.78 is 64.2. The molecule has 0 aliphatic rings. The molecule has 0 radical (unpaired) electrons. The predicted octanol–water partition coefficient (Wildman–Crippen LogP) is 2.77. The average Bonchev–Trinajstić information content (AvgIpc) is 1.96. The fourth-order valence-electron chi connectivity index (χ4n) is 0.707. The first-order chi connectivity index (χ1) is 5.80. The van der Waals surface area contributed by atoms with Crippen molar-refractivity contribution in [2.45, 2.75) is 31.5 Å². The van der Waals surface area contributed by atoms with Crippen LogP contribution in [0.5, 0.6) is 0 Å². The molecule has 0 aliphatic heterocycles. The van der Waals surface area contributed by atoms with Crippen LogP contribution in [0.2, 0.25) is 0 Å². The quantitative estimate of drug-likeness (QED) is 0.505. The number of hydrogen-bond acceptors (Lipinski definition) is 1. The number of halogens is 5. The lowest BCUT2D eigenvalue weighted by Crippen LogP contribution is -2.41. The summed E-state index contributed by atoms with van der Waals surface area (Å²) in [6.07, 6.45) is -12.1. The Hall–Kier alpha value is -0.810. The molecule has 0 saturated carbocycles. The SMILES string of the molecule is C=COC(C(C)F)C(F)C(F)(F)F. The zero-order valence-electron chi connectivity index (χ0n) is 6.81. The maximum absolute atomic E-state index is 12.5. The third-order valence-electron chi connectivity index (χ3n) is 1.31. The standard InChI is InChI=1S/C7H9F5O/c1-3-13-5(4(2)8)6(9)7(10,11)12/h3-6H,1H2,2H3. The van der Waals surface area contributed by atoms with Gasteiger partial charge < -0.3 is 4.74 Å². The molecule has 0 heterocycles. The van der Waals surface area contributed by atoms with Crippen molar-refractivity contribution in [3.8, 4) is 0 Å². The molecule has 0 N–H and O–H groups in total. The van der Waals surface area contributed by atoms with E-state index in [0.717, 1.165) is 6.92 Å². The van der Waals surface area contributed by atoms with Crippen LogP contribution in [0.4, 0.5) is 22.0 Å². The van der Waals surface area contributed by atoms with Gasteiger partial charge in [-0.25, -0.2) is 8.78 Å². The van der Waals surface area contributed by atoms with Gasteiger partial charge >= 0.3 is 6.18 Å². The summed E-state index contributed by atoms with van der Waals surface area (Å²) >= 11 is 0. The number of ether oxygens (including phenoxy) is 1. The maximum Gasteiger partial charge on any atom is 0.423 e. The minimum atomic E-state index is -5.12. The monoisotopic (exact) mass is 204 g/mol. The summed E-state index contributed by atoms with van der Waals surface area (Å²) in [7, 11) is 0. The van der Waals surface area contributed by atoms with Crippen LogP contribution in [0.3, 0.4) is 0 Å². The second-order valence-corrected chi connectivity index (χ2v) is 2.39. The van der Waals surface area contributed by atoms with Crippen molar-refractivity contribution in [1.82, 2.24) is 0 Å². The highest BCUT2D eigenvalue weighted by atomic mass is 19.4. The molecule has 0 rings (SSSR count). The molecule has 0 fully saturated rings. The molecule has 0 spiro atoms. The number of rotatable bonds is 4. The van der Waals surface area contributed by atoms with Gasteiger partial charge in [0.15, 0.2) is 6.10 Å². The smallest absolute Gasteiger partial charge is 0.423 e. The van der Waals surface area contributed by atoms with E-state index in [1.807, 2.05) is 0 Å². The van der Waals surface area contributed by atoms with Crippen LogP contribution >= 0.6 is 0 Å². The highest BCUT2D eigenvalue weighted by Crippen LogP contribution is 2.29. The van der Waals surface area contributed by atoms with E-state index >= 15 is 0 Å². The summed E-state index contributed by atoms with van der Waals surface area (Å²) in [4.78, 5) is 0. The van der Waals surface area contributed by atoms with Gasteiger partial charge in [-0.05, 0) is 6.92 Å². The second-order valence-electron chi connectivity index (χ2n) is 2.39. The van der Waals surface area contributed by atoms with Gasteiger partial charge in [0.05, 0.1) is 6.26 Å². The van der Waals surface area contributed by atoms with Crippen LogP contribution in [-0.4, -0.2) is 24.6 Å². The first kappa shape index (κ1) is 12.2. The molecule has 0 amide bonds. The van der Waals surface area contributed by atoms with Gasteiger partial charge in [0.2, 0.25) is 6.17 Å². The molecular formula is C7H9F5O. The topological polar surface area (TPSA) is 9.23 Å². The molecule has 6 heteroatoms. The van der Waals surface area contributed by atoms with Crippen molar-refractivity contribution in [1.29, 1.82) is 0 Å². The first-order valence-corrected chi connectivity index (χ1v) is 3.42. The lowest BCUT2D eigenvalue weighted by atomic mass is 10.1. The molecule has 0 saturated heterocycles. The van der Waals surface area contributed by atoms with Gasteiger partial charge in [0.25, 0.3) is 0 Å². The average molecular weight is 204 g/mol. The fraction of sp³-hybridized carbons (Fsp3) is 0.714. The van der Waals surface area contributed by atoms with E-state index in [0.29, 0.717) is 6.26 Å². The Morgan fingerprint density at radius 1 is 1.31 bits per heavy atom. The predicted molar refractivity (Wildman–Crippen MR) is 36.6 cm³/mol. The van der Waals surface area contributed by atoms with Gasteiger partial charge in [-0.2, -0.15) is 13.2 Å². The van der Waals surface area contributed by atoms with E-state index in [9.17, 15) is 22.0 Å². The molecule has 78 valence electrons. The molecule has 13 heavy (non-hydrogen) atoms. The van der Waals surface area contributed by atoms with Crippen molar-refractivity contribution in [2.24, 2.45) is 0 Å². The summed E-state index contributed by atoms with van der Waals surface area (Å²) in [5.41, 5.74) is 0. The Kier molecular flexibility index (Phi) is 4.16. The largest absolute Gasteiger partial charge is 0.492 e. The van der Waals surface area contributed by atoms with E-state index in [-0.39, 0.29) is 0 Å². The first-order valence-electron chi connectivity index (χ1n) is 3.42. The summed E-state index contributed by atoms with van der Waals surface area (Å²) in [5, 5.41) is 0. The van der Waals surface area contributed by atoms with Crippen LogP contribution < -0.4 is 0 Å². The normalized spacial score (nSPS) is 18.9. The van der Waals surface area contributed by atoms with E-state index in [4.69, 9.17) is 0 Å². The van der Waals surface area contributed by atoms with Crippen LogP contribution in [0, 0.1) is 0 Å². The van der Waals surface area contributed by atoms with E-state index in [2.05, 4.69) is 11.3 Å². The van der Waals surface area contributed by atoms with Crippen LogP contribution in [0.1, 0.15) is 6.92 Å². The van der Waals surface area contributed by atoms with Crippen molar-refractivity contribution >= 4 is 0 Å². The van der Waals surface area contributed by atoms with Crippen molar-refractivity contribution < 1.29 is 26.7 Å². The highest BCUT2D eigenvalue weighted by Gasteiger charge is 2.48. The van der Waals surface area contributed by atoms with Crippen LogP contribution in [-0.2, 0) is 4.74 Å². The molecular weight excluding hydrogens is 195 g/mol. The van der Waals surface area contributed by atoms with E-state index in [1.54, 1.807) is 0 Å². The lowest BCUT2D eigenvalue weighted by molar-refractivity contribution is -0.212. The van der Waals surface area contributed by atoms with Gasteiger partial charge in [-0.1, -0.05) is 6.58 Å². The van der Waals surface area contributed by atoms with Gasteiger partial charge in [-0.15, -0.1) is 0 Å². The Morgan fingerprint density at radius 3 is 2.00 bits per heavy atom. The highest BCUT2D eigenvalue weighted by molar-refractivity contribution is 4.82. The molecule has 0 aromatic heterocycles. The van der Waals surface area contributed by atoms with Crippen LogP contribution in [0.15, 0.2) is 12.8 Å². The Bertz CT molecular complexity index is 165. The molecule has 3 unspecified atom stereocenters. The molecule has 0 aliphatic carbocycles. The Balaban J connectivity index is 4.45. The Morgan fingerprint density at radius 2 is 1.77 bits per heavy atom. The molecule has 0 aromatic carbocycles. The van der Waals surface area contributed by atoms with E-state index in [1.165, 1.54) is 0 Å². The van der Waals surface area contributed by atoms with Crippen LogP contribution in [0.25, 0.3) is 0 Å². The Labute approximate surface area is 72.2 Å². The zero-order chi connectivity index (χ0) is 10.6. The second kappa shape index (κ2) is 4.43. The van der Waals surface area contributed by atoms with Gasteiger partial charge in [-0.3, -0.25) is 0 Å². The van der Waals surface area contributed by atoms with E-state index < -0.39 is 24.6 Å². The molecule has 0 bridgehead atoms. The van der Waals surface area contributed by atoms with Gasteiger partial charge in [0.1, 0.15) is 6.17 Å². The third kappa shape index (κ3) is 3.61. The van der Waals surface area contributed by atoms with Crippen molar-refractivity contribution in [2.75, 3.05) is 0 Å². The molecule has 3 atom stereocenters. The minimum Gasteiger partial charge on any atom is -0.492 e. The van der Waals surface area contributed by atoms with Gasteiger partial charge in [0, 0.05) is 0 Å². The fourth-order valence-corrected chi connectivity index (χ4v) is 0.707. The number of alkyl halides is 5. The summed E-state index contributed by atoms with van der Waals surface area (Å²) in [6.45, 7) is 3.71. The summed E-state index contributed by atoms with van der Waals surface area (Å²) in [6, 6.07) is 0. The molecule has 1 nitrogen and oxygen atoms in total. The maximum atomic E-state index is 12.5. The van der Waals surface area contributed by atoms with Crippen molar-refractivity contribution in [3.63, 3.8) is 0 Å². The molecule has 0 aromatic rings.